The van der Waals surface area contributed by atoms with Crippen LogP contribution < -0.4 is 4.74 Å². The number of benzene rings is 2. The van der Waals surface area contributed by atoms with Crippen molar-refractivity contribution in [2.24, 2.45) is 0 Å². The van der Waals surface area contributed by atoms with Crippen molar-refractivity contribution in [3.8, 4) is 5.75 Å². The highest BCUT2D eigenvalue weighted by molar-refractivity contribution is 6.18. The first-order valence-corrected chi connectivity index (χ1v) is 7.66. The second-order valence-electron chi connectivity index (χ2n) is 5.35. The molecule has 2 unspecified atom stereocenters. The fourth-order valence-corrected chi connectivity index (χ4v) is 3.06. The molecule has 1 fully saturated rings. The molecule has 0 aromatic heterocycles. The zero-order valence-corrected chi connectivity index (χ0v) is 12.4. The normalized spacial score (nSPS) is 22.3. The van der Waals surface area contributed by atoms with Gasteiger partial charge in [-0.2, -0.15) is 0 Å². The monoisotopic (exact) mass is 290 g/mol. The molecule has 1 saturated heterocycles. The molecule has 2 atom stereocenters. The SMILES string of the molecule is CC1CCC(COc2ccc3ccccc3c2CCl)O1. The third kappa shape index (κ3) is 2.77. The predicted molar refractivity (Wildman–Crippen MR) is 82.6 cm³/mol. The fourth-order valence-electron chi connectivity index (χ4n) is 2.78. The molecule has 0 spiro atoms. The zero-order valence-electron chi connectivity index (χ0n) is 11.6. The lowest BCUT2D eigenvalue weighted by atomic mass is 10.0. The van der Waals surface area contributed by atoms with E-state index < -0.39 is 0 Å². The number of ether oxygens (including phenoxy) is 2. The van der Waals surface area contributed by atoms with Crippen LogP contribution in [0.5, 0.6) is 5.75 Å². The minimum absolute atomic E-state index is 0.208. The van der Waals surface area contributed by atoms with Crippen LogP contribution in [-0.4, -0.2) is 18.8 Å². The van der Waals surface area contributed by atoms with Crippen LogP contribution in [0.3, 0.4) is 0 Å². The second kappa shape index (κ2) is 6.02. The molecule has 1 aliphatic rings. The van der Waals surface area contributed by atoms with Crippen molar-refractivity contribution in [3.63, 3.8) is 0 Å². The highest BCUT2D eigenvalue weighted by Crippen LogP contribution is 2.30. The smallest absolute Gasteiger partial charge is 0.124 e. The quantitative estimate of drug-likeness (QED) is 0.771. The van der Waals surface area contributed by atoms with E-state index in [-0.39, 0.29) is 6.10 Å². The van der Waals surface area contributed by atoms with E-state index in [1.165, 1.54) is 10.8 Å². The minimum atomic E-state index is 0.208. The highest BCUT2D eigenvalue weighted by atomic mass is 35.5. The number of fused-ring (bicyclic) bond motifs is 1. The first kappa shape index (κ1) is 13.7. The van der Waals surface area contributed by atoms with Crippen molar-refractivity contribution in [1.29, 1.82) is 0 Å². The maximum atomic E-state index is 6.12. The van der Waals surface area contributed by atoms with Gasteiger partial charge in [-0.3, -0.25) is 0 Å². The Kier molecular flexibility index (Phi) is 4.13. The summed E-state index contributed by atoms with van der Waals surface area (Å²) in [6.07, 6.45) is 2.76. The summed E-state index contributed by atoms with van der Waals surface area (Å²) in [7, 11) is 0. The molecular weight excluding hydrogens is 272 g/mol. The number of hydrogen-bond donors (Lipinski definition) is 0. The molecular formula is C17H19ClO2. The molecule has 3 heteroatoms. The average Bonchev–Trinajstić information content (AvgIpc) is 2.90. The summed E-state index contributed by atoms with van der Waals surface area (Å²) in [6.45, 7) is 2.72. The first-order valence-electron chi connectivity index (χ1n) is 7.13. The Morgan fingerprint density at radius 1 is 1.20 bits per heavy atom. The van der Waals surface area contributed by atoms with Crippen LogP contribution in [0.2, 0.25) is 0 Å². The topological polar surface area (TPSA) is 18.5 Å². The van der Waals surface area contributed by atoms with Gasteiger partial charge in [0.25, 0.3) is 0 Å². The Bertz CT molecular complexity index is 597. The van der Waals surface area contributed by atoms with Crippen LogP contribution in [0.15, 0.2) is 36.4 Å². The van der Waals surface area contributed by atoms with Crippen molar-refractivity contribution in [3.05, 3.63) is 42.0 Å². The molecule has 0 aliphatic carbocycles. The van der Waals surface area contributed by atoms with Gasteiger partial charge >= 0.3 is 0 Å². The predicted octanol–water partition coefficient (Wildman–Crippen LogP) is 4.52. The van der Waals surface area contributed by atoms with Gasteiger partial charge in [0.05, 0.1) is 18.1 Å². The van der Waals surface area contributed by atoms with E-state index in [9.17, 15) is 0 Å². The van der Waals surface area contributed by atoms with E-state index in [2.05, 4.69) is 25.1 Å². The molecule has 20 heavy (non-hydrogen) atoms. The van der Waals surface area contributed by atoms with Crippen molar-refractivity contribution < 1.29 is 9.47 Å². The lowest BCUT2D eigenvalue weighted by Crippen LogP contribution is -2.18. The fraction of sp³-hybridized carbons (Fsp3) is 0.412. The largest absolute Gasteiger partial charge is 0.491 e. The van der Waals surface area contributed by atoms with Gasteiger partial charge in [0.15, 0.2) is 0 Å². The van der Waals surface area contributed by atoms with Crippen LogP contribution in [-0.2, 0) is 10.6 Å². The number of rotatable bonds is 4. The van der Waals surface area contributed by atoms with Gasteiger partial charge in [0, 0.05) is 5.56 Å². The van der Waals surface area contributed by atoms with Gasteiger partial charge in [-0.05, 0) is 36.6 Å². The standard InChI is InChI=1S/C17H19ClO2/c1-12-6-8-14(20-12)11-19-17-9-7-13-4-2-3-5-15(13)16(17)10-18/h2-5,7,9,12,14H,6,8,10-11H2,1H3. The molecule has 0 radical (unpaired) electrons. The highest BCUT2D eigenvalue weighted by Gasteiger charge is 2.22. The number of alkyl halides is 1. The molecule has 0 amide bonds. The number of halogens is 1. The maximum absolute atomic E-state index is 6.12. The third-order valence-electron chi connectivity index (χ3n) is 3.88. The summed E-state index contributed by atoms with van der Waals surface area (Å²) in [4.78, 5) is 0. The molecule has 0 bridgehead atoms. The lowest BCUT2D eigenvalue weighted by molar-refractivity contribution is 0.0263. The molecule has 2 nitrogen and oxygen atoms in total. The Morgan fingerprint density at radius 2 is 2.05 bits per heavy atom. The minimum Gasteiger partial charge on any atom is -0.491 e. The molecule has 0 N–H and O–H groups in total. The molecule has 1 heterocycles. The summed E-state index contributed by atoms with van der Waals surface area (Å²) < 4.78 is 11.7. The van der Waals surface area contributed by atoms with Gasteiger partial charge in [-0.25, -0.2) is 0 Å². The number of hydrogen-bond acceptors (Lipinski definition) is 2. The van der Waals surface area contributed by atoms with Crippen molar-refractivity contribution >= 4 is 22.4 Å². The third-order valence-corrected chi connectivity index (χ3v) is 4.14. The summed E-state index contributed by atoms with van der Waals surface area (Å²) in [6, 6.07) is 12.3. The van der Waals surface area contributed by atoms with Gasteiger partial charge in [-0.1, -0.05) is 30.3 Å². The van der Waals surface area contributed by atoms with E-state index in [1.807, 2.05) is 18.2 Å². The molecule has 0 saturated carbocycles. The Hall–Kier alpha value is -1.25. The second-order valence-corrected chi connectivity index (χ2v) is 5.62. The summed E-state index contributed by atoms with van der Waals surface area (Å²) in [5.74, 6) is 1.33. The lowest BCUT2D eigenvalue weighted by Gasteiger charge is -2.16. The van der Waals surface area contributed by atoms with Gasteiger partial charge in [0.1, 0.15) is 12.4 Å². The average molecular weight is 291 g/mol. The molecule has 3 rings (SSSR count). The van der Waals surface area contributed by atoms with Crippen molar-refractivity contribution in [2.75, 3.05) is 6.61 Å². The van der Waals surface area contributed by atoms with Crippen molar-refractivity contribution in [1.82, 2.24) is 0 Å². The van der Waals surface area contributed by atoms with E-state index in [0.717, 1.165) is 24.2 Å². The maximum Gasteiger partial charge on any atom is 0.124 e. The van der Waals surface area contributed by atoms with Crippen LogP contribution in [0.25, 0.3) is 10.8 Å². The Balaban J connectivity index is 1.80. The van der Waals surface area contributed by atoms with Gasteiger partial charge in [0.2, 0.25) is 0 Å². The van der Waals surface area contributed by atoms with E-state index in [0.29, 0.717) is 18.6 Å². The van der Waals surface area contributed by atoms with E-state index in [1.54, 1.807) is 0 Å². The van der Waals surface area contributed by atoms with Crippen LogP contribution >= 0.6 is 11.6 Å². The van der Waals surface area contributed by atoms with E-state index >= 15 is 0 Å². The van der Waals surface area contributed by atoms with Crippen LogP contribution in [0.1, 0.15) is 25.3 Å². The Morgan fingerprint density at radius 3 is 2.80 bits per heavy atom. The summed E-state index contributed by atoms with van der Waals surface area (Å²) >= 11 is 6.12. The van der Waals surface area contributed by atoms with Crippen molar-refractivity contribution in [2.45, 2.75) is 37.9 Å². The first-order chi connectivity index (χ1) is 9.78. The van der Waals surface area contributed by atoms with Gasteiger partial charge in [-0.15, -0.1) is 11.6 Å². The Labute approximate surface area is 124 Å². The molecule has 1 aliphatic heterocycles. The van der Waals surface area contributed by atoms with Crippen LogP contribution in [0, 0.1) is 0 Å². The van der Waals surface area contributed by atoms with Crippen LogP contribution in [0.4, 0.5) is 0 Å². The molecule has 2 aromatic rings. The zero-order chi connectivity index (χ0) is 13.9. The molecule has 2 aromatic carbocycles. The van der Waals surface area contributed by atoms with Gasteiger partial charge < -0.3 is 9.47 Å². The summed E-state index contributed by atoms with van der Waals surface area (Å²) in [5.41, 5.74) is 1.07. The van der Waals surface area contributed by atoms with E-state index in [4.69, 9.17) is 21.1 Å². The summed E-state index contributed by atoms with van der Waals surface area (Å²) in [5, 5.41) is 2.36. The molecule has 106 valence electrons.